The zero-order valence-electron chi connectivity index (χ0n) is 15.2. The first-order valence-corrected chi connectivity index (χ1v) is 8.84. The van der Waals surface area contributed by atoms with Crippen LogP contribution in [0.4, 0.5) is 8.78 Å². The molecule has 0 heterocycles. The number of nitriles is 4. The van der Waals surface area contributed by atoms with Gasteiger partial charge in [0, 0.05) is 11.8 Å². The summed E-state index contributed by atoms with van der Waals surface area (Å²) >= 11 is 0. The monoisotopic (exact) mass is 384 g/mol. The molecule has 0 aromatic heterocycles. The van der Waals surface area contributed by atoms with Gasteiger partial charge < -0.3 is 0 Å². The Morgan fingerprint density at radius 3 is 1.59 bits per heavy atom. The molecule has 1 saturated carbocycles. The van der Waals surface area contributed by atoms with E-state index in [1.54, 1.807) is 12.1 Å². The van der Waals surface area contributed by atoms with E-state index < -0.39 is 28.9 Å². The van der Waals surface area contributed by atoms with Crippen LogP contribution in [-0.4, -0.2) is 0 Å². The van der Waals surface area contributed by atoms with Crippen LogP contribution in [-0.2, 0) is 0 Å². The zero-order chi connectivity index (χ0) is 21.0. The highest BCUT2D eigenvalue weighted by Gasteiger charge is 2.52. The second kappa shape index (κ2) is 7.93. The summed E-state index contributed by atoms with van der Waals surface area (Å²) in [5.41, 5.74) is -0.415. The molecular weight excluding hydrogens is 370 g/mol. The molecule has 1 fully saturated rings. The molecule has 0 saturated heterocycles. The Morgan fingerprint density at radius 2 is 1.24 bits per heavy atom. The fraction of sp³-hybridized carbons (Fsp3) is 0.217. The van der Waals surface area contributed by atoms with E-state index in [-0.39, 0.29) is 18.4 Å². The van der Waals surface area contributed by atoms with Gasteiger partial charge in [-0.05, 0) is 53.8 Å². The van der Waals surface area contributed by atoms with Gasteiger partial charge in [-0.15, -0.1) is 0 Å². The third-order valence-electron chi connectivity index (χ3n) is 5.45. The number of allylic oxidation sites excluding steroid dienone is 2. The Bertz CT molecular complexity index is 1070. The fourth-order valence-electron chi connectivity index (χ4n) is 4.07. The Balaban J connectivity index is 2.29. The number of halogens is 2. The van der Waals surface area contributed by atoms with Crippen molar-refractivity contribution in [1.29, 1.82) is 21.0 Å². The minimum absolute atomic E-state index is 0.0901. The van der Waals surface area contributed by atoms with Gasteiger partial charge in [0.25, 0.3) is 0 Å². The third-order valence-corrected chi connectivity index (χ3v) is 5.45. The summed E-state index contributed by atoms with van der Waals surface area (Å²) < 4.78 is 27.8. The molecule has 0 radical (unpaired) electrons. The normalized spacial score (nSPS) is 19.9. The van der Waals surface area contributed by atoms with Crippen LogP contribution in [0.5, 0.6) is 0 Å². The Kier molecular flexibility index (Phi) is 5.40. The first-order chi connectivity index (χ1) is 14.0. The van der Waals surface area contributed by atoms with Crippen molar-refractivity contribution < 1.29 is 8.78 Å². The molecule has 1 aliphatic rings. The smallest absolute Gasteiger partial charge is 0.158 e. The van der Waals surface area contributed by atoms with Crippen molar-refractivity contribution in [3.05, 3.63) is 82.4 Å². The lowest BCUT2D eigenvalue weighted by atomic mass is 9.56. The maximum absolute atomic E-state index is 13.9. The van der Waals surface area contributed by atoms with Crippen molar-refractivity contribution in [3.8, 4) is 24.3 Å². The first kappa shape index (κ1) is 19.8. The molecular formula is C23H14F2N4. The van der Waals surface area contributed by atoms with E-state index in [9.17, 15) is 29.8 Å². The number of benzene rings is 2. The van der Waals surface area contributed by atoms with Gasteiger partial charge in [-0.2, -0.15) is 21.0 Å². The van der Waals surface area contributed by atoms with Gasteiger partial charge >= 0.3 is 0 Å². The van der Waals surface area contributed by atoms with Crippen molar-refractivity contribution in [2.24, 2.45) is 5.41 Å². The van der Waals surface area contributed by atoms with Crippen LogP contribution >= 0.6 is 0 Å². The standard InChI is InChI=1S/C23H14F2N4/c24-19-5-1-3-15(7-19)21-9-17(18(11-26)12-27)10-22(23(21,13-28)14-29)16-4-2-6-20(25)8-16/h1-8,21-22H,9-10H2/t21-,22+. The highest BCUT2D eigenvalue weighted by molar-refractivity contribution is 5.48. The summed E-state index contributed by atoms with van der Waals surface area (Å²) in [6.07, 6.45) is 0.180. The topological polar surface area (TPSA) is 95.2 Å². The molecule has 0 aliphatic heterocycles. The predicted molar refractivity (Wildman–Crippen MR) is 99.4 cm³/mol. The van der Waals surface area contributed by atoms with Gasteiger partial charge in [-0.1, -0.05) is 24.3 Å². The highest BCUT2D eigenvalue weighted by atomic mass is 19.1. The minimum Gasteiger partial charge on any atom is -0.207 e. The zero-order valence-corrected chi connectivity index (χ0v) is 15.2. The molecule has 0 unspecified atom stereocenters. The van der Waals surface area contributed by atoms with E-state index in [1.807, 2.05) is 12.1 Å². The van der Waals surface area contributed by atoms with Crippen LogP contribution in [0.2, 0.25) is 0 Å². The van der Waals surface area contributed by atoms with Crippen molar-refractivity contribution in [3.63, 3.8) is 0 Å². The Labute approximate surface area is 167 Å². The molecule has 2 atom stereocenters. The predicted octanol–water partition coefficient (Wildman–Crippen LogP) is 5.00. The second-order valence-electron chi connectivity index (χ2n) is 6.92. The average Bonchev–Trinajstić information content (AvgIpc) is 2.74. The number of nitrogens with zero attached hydrogens (tertiary/aromatic N) is 4. The van der Waals surface area contributed by atoms with Gasteiger partial charge in [0.2, 0.25) is 0 Å². The van der Waals surface area contributed by atoms with Crippen molar-refractivity contribution in [2.75, 3.05) is 0 Å². The van der Waals surface area contributed by atoms with Crippen molar-refractivity contribution in [2.45, 2.75) is 24.7 Å². The van der Waals surface area contributed by atoms with Crippen LogP contribution in [0.25, 0.3) is 0 Å². The molecule has 140 valence electrons. The molecule has 0 N–H and O–H groups in total. The molecule has 29 heavy (non-hydrogen) atoms. The first-order valence-electron chi connectivity index (χ1n) is 8.84. The maximum atomic E-state index is 13.9. The molecule has 2 aromatic rings. The van der Waals surface area contributed by atoms with Gasteiger partial charge in [-0.25, -0.2) is 8.78 Å². The van der Waals surface area contributed by atoms with Crippen LogP contribution in [0, 0.1) is 62.4 Å². The van der Waals surface area contributed by atoms with E-state index in [4.69, 9.17) is 0 Å². The maximum Gasteiger partial charge on any atom is 0.158 e. The Morgan fingerprint density at radius 1 is 0.793 bits per heavy atom. The van der Waals surface area contributed by atoms with Crippen LogP contribution in [0.1, 0.15) is 35.8 Å². The molecule has 2 aromatic carbocycles. The summed E-state index contributed by atoms with van der Waals surface area (Å²) in [5.74, 6) is -2.62. The molecule has 1 aliphatic carbocycles. The van der Waals surface area contributed by atoms with E-state index >= 15 is 0 Å². The van der Waals surface area contributed by atoms with Gasteiger partial charge in [0.15, 0.2) is 5.41 Å². The van der Waals surface area contributed by atoms with Crippen LogP contribution < -0.4 is 0 Å². The lowest BCUT2D eigenvalue weighted by molar-refractivity contribution is 0.288. The number of rotatable bonds is 2. The van der Waals surface area contributed by atoms with E-state index in [0.29, 0.717) is 16.7 Å². The van der Waals surface area contributed by atoms with Gasteiger partial charge in [-0.3, -0.25) is 0 Å². The second-order valence-corrected chi connectivity index (χ2v) is 6.92. The lowest BCUT2D eigenvalue weighted by Gasteiger charge is -2.42. The molecule has 3 rings (SSSR count). The molecule has 0 amide bonds. The van der Waals surface area contributed by atoms with Gasteiger partial charge in [0.1, 0.15) is 29.3 Å². The van der Waals surface area contributed by atoms with E-state index in [1.165, 1.54) is 36.4 Å². The van der Waals surface area contributed by atoms with Gasteiger partial charge in [0.05, 0.1) is 12.1 Å². The molecule has 0 spiro atoms. The SMILES string of the molecule is N#CC(C#N)=C1C[C@H](c2cccc(F)c2)C(C#N)(C#N)[C@H](c2cccc(F)c2)C1. The fourth-order valence-corrected chi connectivity index (χ4v) is 4.07. The quantitative estimate of drug-likeness (QED) is 0.681. The van der Waals surface area contributed by atoms with Crippen LogP contribution in [0.3, 0.4) is 0 Å². The summed E-state index contributed by atoms with van der Waals surface area (Å²) in [6, 6.07) is 19.1. The highest BCUT2D eigenvalue weighted by Crippen LogP contribution is 2.56. The minimum atomic E-state index is -1.62. The number of hydrogen-bond acceptors (Lipinski definition) is 4. The summed E-state index contributed by atoms with van der Waals surface area (Å²) in [7, 11) is 0. The summed E-state index contributed by atoms with van der Waals surface area (Å²) in [4.78, 5) is 0. The molecule has 0 bridgehead atoms. The van der Waals surface area contributed by atoms with E-state index in [0.717, 1.165) is 0 Å². The summed E-state index contributed by atoms with van der Waals surface area (Å²) in [6.45, 7) is 0. The van der Waals surface area contributed by atoms with E-state index in [2.05, 4.69) is 12.1 Å². The molecule has 6 heteroatoms. The Hall–Kier alpha value is -4.00. The third kappa shape index (κ3) is 3.45. The lowest BCUT2D eigenvalue weighted by Crippen LogP contribution is -2.37. The van der Waals surface area contributed by atoms with Crippen molar-refractivity contribution in [1.82, 2.24) is 0 Å². The molecule has 4 nitrogen and oxygen atoms in total. The van der Waals surface area contributed by atoms with Crippen molar-refractivity contribution >= 4 is 0 Å². The summed E-state index contributed by atoms with van der Waals surface area (Å²) in [5, 5.41) is 38.8. The largest absolute Gasteiger partial charge is 0.207 e. The number of hydrogen-bond donors (Lipinski definition) is 0. The average molecular weight is 384 g/mol. The van der Waals surface area contributed by atoms with Crippen LogP contribution in [0.15, 0.2) is 59.7 Å².